The van der Waals surface area contributed by atoms with Crippen molar-refractivity contribution in [2.75, 3.05) is 31.1 Å². The Hall–Kier alpha value is -2.03. The second-order valence-corrected chi connectivity index (χ2v) is 6.82. The highest BCUT2D eigenvalue weighted by molar-refractivity contribution is 14.0. The second kappa shape index (κ2) is 11.8. The monoisotopic (exact) mass is 509 g/mol. The predicted octanol–water partition coefficient (Wildman–Crippen LogP) is 3.60. The van der Waals surface area contributed by atoms with E-state index >= 15 is 0 Å². The number of rotatable bonds is 8. The third-order valence-corrected chi connectivity index (χ3v) is 4.87. The molecule has 1 aliphatic rings. The number of aliphatic imine (C=N–C) groups is 1. The Labute approximate surface area is 191 Å². The molecule has 158 valence electrons. The van der Waals surface area contributed by atoms with E-state index in [2.05, 4.69) is 65.6 Å². The summed E-state index contributed by atoms with van der Waals surface area (Å²) in [4.78, 5) is 11.5. The summed E-state index contributed by atoms with van der Waals surface area (Å²) < 4.78 is 6.00. The molecule has 0 spiro atoms. The Morgan fingerprint density at radius 3 is 2.59 bits per heavy atom. The molecule has 0 fully saturated rings. The Morgan fingerprint density at radius 1 is 1.14 bits per heavy atom. The van der Waals surface area contributed by atoms with Crippen LogP contribution in [-0.2, 0) is 13.0 Å². The highest BCUT2D eigenvalue weighted by atomic mass is 127. The van der Waals surface area contributed by atoms with Gasteiger partial charge in [-0.25, -0.2) is 9.98 Å². The highest BCUT2D eigenvalue weighted by Crippen LogP contribution is 2.27. The summed E-state index contributed by atoms with van der Waals surface area (Å²) in [7, 11) is 0. The van der Waals surface area contributed by atoms with Crippen LogP contribution in [0.4, 0.5) is 5.82 Å². The fourth-order valence-corrected chi connectivity index (χ4v) is 3.34. The van der Waals surface area contributed by atoms with Crippen molar-refractivity contribution in [3.05, 3.63) is 53.7 Å². The van der Waals surface area contributed by atoms with Crippen LogP contribution in [0.15, 0.2) is 47.6 Å². The lowest BCUT2D eigenvalue weighted by atomic mass is 10.1. The molecule has 7 heteroatoms. The second-order valence-electron chi connectivity index (χ2n) is 6.82. The lowest BCUT2D eigenvalue weighted by Crippen LogP contribution is -2.42. The van der Waals surface area contributed by atoms with Crippen LogP contribution >= 0.6 is 24.0 Å². The van der Waals surface area contributed by atoms with Gasteiger partial charge in [0.15, 0.2) is 5.96 Å². The van der Waals surface area contributed by atoms with Crippen LogP contribution in [-0.4, -0.2) is 43.2 Å². The lowest BCUT2D eigenvalue weighted by Gasteiger charge is -2.19. The zero-order valence-corrected chi connectivity index (χ0v) is 19.8. The first-order valence-corrected chi connectivity index (χ1v) is 10.2. The Kier molecular flexibility index (Phi) is 9.50. The maximum absolute atomic E-state index is 6.00. The first kappa shape index (κ1) is 23.3. The Balaban J connectivity index is 0.00000300. The molecule has 1 aromatic carbocycles. The van der Waals surface area contributed by atoms with E-state index in [1.54, 1.807) is 0 Å². The van der Waals surface area contributed by atoms with Gasteiger partial charge in [0.25, 0.3) is 0 Å². The number of anilines is 1. The molecule has 2 N–H and O–H groups in total. The van der Waals surface area contributed by atoms with E-state index < -0.39 is 0 Å². The van der Waals surface area contributed by atoms with Gasteiger partial charge in [-0.1, -0.05) is 24.3 Å². The molecule has 2 heterocycles. The number of fused-ring (bicyclic) bond motifs is 1. The van der Waals surface area contributed by atoms with Crippen molar-refractivity contribution in [2.45, 2.75) is 39.8 Å². The first-order valence-electron chi connectivity index (χ1n) is 10.2. The van der Waals surface area contributed by atoms with Gasteiger partial charge in [0.05, 0.1) is 13.1 Å². The number of hydrogen-bond acceptors (Lipinski definition) is 4. The van der Waals surface area contributed by atoms with E-state index in [9.17, 15) is 0 Å². The summed E-state index contributed by atoms with van der Waals surface area (Å²) in [5.74, 6) is 2.81. The van der Waals surface area contributed by atoms with E-state index in [0.29, 0.717) is 6.54 Å². The summed E-state index contributed by atoms with van der Waals surface area (Å²) in [6, 6.07) is 12.4. The van der Waals surface area contributed by atoms with Gasteiger partial charge < -0.3 is 20.3 Å². The van der Waals surface area contributed by atoms with Crippen LogP contribution in [0.2, 0.25) is 0 Å². The molecule has 2 aromatic rings. The molecule has 1 atom stereocenters. The fourth-order valence-electron chi connectivity index (χ4n) is 3.34. The number of nitrogens with one attached hydrogen (secondary N) is 2. The summed E-state index contributed by atoms with van der Waals surface area (Å²) in [5.41, 5.74) is 2.37. The van der Waals surface area contributed by atoms with E-state index in [1.807, 2.05) is 18.3 Å². The Bertz CT molecular complexity index is 752. The minimum atomic E-state index is 0. The molecule has 6 nitrogen and oxygen atoms in total. The third kappa shape index (κ3) is 6.48. The van der Waals surface area contributed by atoms with Crippen molar-refractivity contribution >= 4 is 35.8 Å². The maximum Gasteiger partial charge on any atom is 0.191 e. The molecule has 3 rings (SSSR count). The predicted molar refractivity (Wildman–Crippen MR) is 131 cm³/mol. The van der Waals surface area contributed by atoms with Gasteiger partial charge in [0.1, 0.15) is 17.7 Å². The van der Waals surface area contributed by atoms with Crippen LogP contribution in [0.1, 0.15) is 31.9 Å². The molecule has 0 bridgehead atoms. The number of pyridine rings is 1. The normalized spacial score (nSPS) is 15.1. The number of hydrogen-bond donors (Lipinski definition) is 2. The van der Waals surface area contributed by atoms with Crippen molar-refractivity contribution in [2.24, 2.45) is 4.99 Å². The lowest BCUT2D eigenvalue weighted by molar-refractivity contribution is 0.235. The molecule has 29 heavy (non-hydrogen) atoms. The Morgan fingerprint density at radius 2 is 1.93 bits per heavy atom. The van der Waals surface area contributed by atoms with Crippen LogP contribution < -0.4 is 20.3 Å². The number of nitrogens with zero attached hydrogens (tertiary/aromatic N) is 3. The summed E-state index contributed by atoms with van der Waals surface area (Å²) in [5, 5.41) is 6.70. The zero-order chi connectivity index (χ0) is 19.8. The smallest absolute Gasteiger partial charge is 0.191 e. The summed E-state index contributed by atoms with van der Waals surface area (Å²) >= 11 is 0. The summed E-state index contributed by atoms with van der Waals surface area (Å²) in [6.07, 6.45) is 2.98. The fraction of sp³-hybridized carbons (Fsp3) is 0.455. The largest absolute Gasteiger partial charge is 0.488 e. The quantitative estimate of drug-likeness (QED) is 0.324. The number of halogens is 1. The number of para-hydroxylation sites is 1. The van der Waals surface area contributed by atoms with Crippen molar-refractivity contribution in [3.8, 4) is 5.75 Å². The molecule has 1 aromatic heterocycles. The molecule has 0 amide bonds. The van der Waals surface area contributed by atoms with E-state index in [0.717, 1.165) is 55.7 Å². The average molecular weight is 509 g/mol. The molecule has 0 aliphatic carbocycles. The van der Waals surface area contributed by atoms with Gasteiger partial charge in [0.2, 0.25) is 0 Å². The zero-order valence-electron chi connectivity index (χ0n) is 17.5. The van der Waals surface area contributed by atoms with Crippen LogP contribution in [0.3, 0.4) is 0 Å². The molecular weight excluding hydrogens is 477 g/mol. The van der Waals surface area contributed by atoms with E-state index in [-0.39, 0.29) is 30.1 Å². The summed E-state index contributed by atoms with van der Waals surface area (Å²) in [6.45, 7) is 10.4. The molecular formula is C22H32IN5O. The van der Waals surface area contributed by atoms with E-state index in [1.165, 1.54) is 5.56 Å². The molecule has 0 radical (unpaired) electrons. The van der Waals surface area contributed by atoms with Gasteiger partial charge in [-0.05, 0) is 44.0 Å². The number of ether oxygens (including phenoxy) is 1. The van der Waals surface area contributed by atoms with Crippen LogP contribution in [0.5, 0.6) is 5.75 Å². The van der Waals surface area contributed by atoms with Crippen molar-refractivity contribution in [1.82, 2.24) is 15.6 Å². The molecule has 0 saturated carbocycles. The number of guanidine groups is 1. The van der Waals surface area contributed by atoms with Gasteiger partial charge in [-0.2, -0.15) is 0 Å². The van der Waals surface area contributed by atoms with Gasteiger partial charge in [-0.3, -0.25) is 0 Å². The number of benzene rings is 1. The van der Waals surface area contributed by atoms with Crippen molar-refractivity contribution in [1.29, 1.82) is 0 Å². The first-order chi connectivity index (χ1) is 13.7. The molecule has 0 saturated heterocycles. The third-order valence-electron chi connectivity index (χ3n) is 4.87. The average Bonchev–Trinajstić information content (AvgIpc) is 3.15. The minimum absolute atomic E-state index is 0. The van der Waals surface area contributed by atoms with Crippen molar-refractivity contribution < 1.29 is 4.74 Å². The SMILES string of the molecule is CCNC(=NCc1ccc(N(CC)CC)nc1)NCC1Cc2ccccc2O1.I. The van der Waals surface area contributed by atoms with Crippen LogP contribution in [0, 0.1) is 0 Å². The number of aromatic nitrogens is 1. The van der Waals surface area contributed by atoms with Gasteiger partial charge >= 0.3 is 0 Å². The minimum Gasteiger partial charge on any atom is -0.488 e. The van der Waals surface area contributed by atoms with Gasteiger partial charge in [-0.15, -0.1) is 24.0 Å². The van der Waals surface area contributed by atoms with Gasteiger partial charge in [0, 0.05) is 32.3 Å². The topological polar surface area (TPSA) is 61.8 Å². The van der Waals surface area contributed by atoms with E-state index in [4.69, 9.17) is 9.73 Å². The maximum atomic E-state index is 6.00. The van der Waals surface area contributed by atoms with Crippen LogP contribution in [0.25, 0.3) is 0 Å². The standard InChI is InChI=1S/C22H31N5O.HI/c1-4-23-22(26-16-19-13-18-9-7-8-10-20(18)28-19)25-15-17-11-12-21(24-14-17)27(5-2)6-3;/h7-12,14,19H,4-6,13,15-16H2,1-3H3,(H2,23,25,26);1H. The molecule has 1 unspecified atom stereocenters. The highest BCUT2D eigenvalue weighted by Gasteiger charge is 2.22. The van der Waals surface area contributed by atoms with Crippen molar-refractivity contribution in [3.63, 3.8) is 0 Å². The molecule has 1 aliphatic heterocycles.